The minimum atomic E-state index is -4.60. The summed E-state index contributed by atoms with van der Waals surface area (Å²) in [5.41, 5.74) is -0.209. The normalized spacial score (nSPS) is 14.3. The van der Waals surface area contributed by atoms with Crippen molar-refractivity contribution in [2.75, 3.05) is 11.9 Å². The van der Waals surface area contributed by atoms with Crippen LogP contribution >= 0.6 is 0 Å². The molecular weight excluding hydrogens is 373 g/mol. The lowest BCUT2D eigenvalue weighted by molar-refractivity contribution is -0.142. The molecule has 1 fully saturated rings. The largest absolute Gasteiger partial charge is 0.494 e. The molecular formula is C19H17F3N4O2. The molecule has 28 heavy (non-hydrogen) atoms. The van der Waals surface area contributed by atoms with Gasteiger partial charge in [0.1, 0.15) is 17.0 Å². The monoisotopic (exact) mass is 390 g/mol. The Hall–Kier alpha value is -3.10. The van der Waals surface area contributed by atoms with Crippen LogP contribution in [-0.4, -0.2) is 27.1 Å². The summed E-state index contributed by atoms with van der Waals surface area (Å²) >= 11 is 0. The van der Waals surface area contributed by atoms with E-state index < -0.39 is 17.8 Å². The van der Waals surface area contributed by atoms with Gasteiger partial charge in [-0.1, -0.05) is 0 Å². The zero-order valence-electron chi connectivity index (χ0n) is 15.0. The number of halogens is 3. The molecule has 1 saturated carbocycles. The molecule has 0 saturated heterocycles. The number of anilines is 1. The third-order valence-corrected chi connectivity index (χ3v) is 4.45. The standard InChI is InChI=1S/C19H17F3N4O2/c1-2-28-13-7-5-12(6-8-13)24-18(27)14-10-23-26-16(19(20,21)22)9-15(11-3-4-11)25-17(14)26/h5-11H,2-4H2,1H3,(H,24,27). The van der Waals surface area contributed by atoms with Gasteiger partial charge in [0.25, 0.3) is 5.91 Å². The van der Waals surface area contributed by atoms with Gasteiger partial charge in [-0.2, -0.15) is 18.3 Å². The molecule has 3 aromatic rings. The highest BCUT2D eigenvalue weighted by atomic mass is 19.4. The molecule has 1 amide bonds. The van der Waals surface area contributed by atoms with Gasteiger partial charge in [0, 0.05) is 17.3 Å². The predicted molar refractivity (Wildman–Crippen MR) is 95.5 cm³/mol. The lowest BCUT2D eigenvalue weighted by Gasteiger charge is -2.11. The minimum absolute atomic E-state index is 0.00280. The summed E-state index contributed by atoms with van der Waals surface area (Å²) < 4.78 is 46.3. The fourth-order valence-corrected chi connectivity index (χ4v) is 2.93. The van der Waals surface area contributed by atoms with E-state index in [1.807, 2.05) is 6.92 Å². The van der Waals surface area contributed by atoms with Gasteiger partial charge in [-0.15, -0.1) is 0 Å². The predicted octanol–water partition coefficient (Wildman–Crippen LogP) is 4.28. The van der Waals surface area contributed by atoms with E-state index in [0.717, 1.165) is 25.1 Å². The first-order chi connectivity index (χ1) is 13.4. The first kappa shape index (κ1) is 18.3. The van der Waals surface area contributed by atoms with Gasteiger partial charge >= 0.3 is 6.18 Å². The average Bonchev–Trinajstić information content (AvgIpc) is 3.41. The number of ether oxygens (including phenoxy) is 1. The molecule has 1 aromatic carbocycles. The van der Waals surface area contributed by atoms with Crippen LogP contribution in [0.4, 0.5) is 18.9 Å². The van der Waals surface area contributed by atoms with E-state index in [4.69, 9.17) is 4.74 Å². The van der Waals surface area contributed by atoms with Crippen LogP contribution in [0.25, 0.3) is 5.65 Å². The van der Waals surface area contributed by atoms with Crippen molar-refractivity contribution in [1.29, 1.82) is 0 Å². The van der Waals surface area contributed by atoms with Crippen LogP contribution in [0.2, 0.25) is 0 Å². The van der Waals surface area contributed by atoms with Crippen molar-refractivity contribution in [1.82, 2.24) is 14.6 Å². The smallest absolute Gasteiger partial charge is 0.433 e. The number of fused-ring (bicyclic) bond motifs is 1. The summed E-state index contributed by atoms with van der Waals surface area (Å²) in [5, 5.41) is 6.42. The van der Waals surface area contributed by atoms with Gasteiger partial charge < -0.3 is 10.1 Å². The molecule has 0 bridgehead atoms. The maximum Gasteiger partial charge on any atom is 0.433 e. The highest BCUT2D eigenvalue weighted by molar-refractivity contribution is 6.08. The van der Waals surface area contributed by atoms with Crippen molar-refractivity contribution < 1.29 is 22.7 Å². The van der Waals surface area contributed by atoms with E-state index in [1.54, 1.807) is 24.3 Å². The summed E-state index contributed by atoms with van der Waals surface area (Å²) in [7, 11) is 0. The number of nitrogens with zero attached hydrogens (tertiary/aromatic N) is 3. The lowest BCUT2D eigenvalue weighted by Crippen LogP contribution is -2.16. The Balaban J connectivity index is 1.68. The fourth-order valence-electron chi connectivity index (χ4n) is 2.93. The molecule has 1 aliphatic carbocycles. The summed E-state index contributed by atoms with van der Waals surface area (Å²) in [6.07, 6.45) is -1.90. The quantitative estimate of drug-likeness (QED) is 0.706. The van der Waals surface area contributed by atoms with E-state index in [2.05, 4.69) is 15.4 Å². The van der Waals surface area contributed by atoms with E-state index in [-0.39, 0.29) is 17.1 Å². The zero-order valence-corrected chi connectivity index (χ0v) is 15.0. The van der Waals surface area contributed by atoms with Crippen LogP contribution in [0.15, 0.2) is 36.5 Å². The Bertz CT molecular complexity index is 1020. The Kier molecular flexibility index (Phi) is 4.44. The third kappa shape index (κ3) is 3.51. The van der Waals surface area contributed by atoms with Crippen molar-refractivity contribution in [2.24, 2.45) is 0 Å². The number of amides is 1. The molecule has 0 spiro atoms. The highest BCUT2D eigenvalue weighted by Crippen LogP contribution is 2.41. The molecule has 146 valence electrons. The molecule has 1 N–H and O–H groups in total. The fraction of sp³-hybridized carbons (Fsp3) is 0.316. The number of carbonyl (C=O) groups is 1. The lowest BCUT2D eigenvalue weighted by atomic mass is 10.2. The van der Waals surface area contributed by atoms with Crippen LogP contribution in [0.3, 0.4) is 0 Å². The molecule has 9 heteroatoms. The Morgan fingerprint density at radius 1 is 1.29 bits per heavy atom. The summed E-state index contributed by atoms with van der Waals surface area (Å²) in [6, 6.07) is 7.71. The first-order valence-corrected chi connectivity index (χ1v) is 8.87. The zero-order chi connectivity index (χ0) is 19.9. The molecule has 4 rings (SSSR count). The van der Waals surface area contributed by atoms with Crippen molar-refractivity contribution >= 4 is 17.2 Å². The van der Waals surface area contributed by atoms with Gasteiger partial charge in [-0.3, -0.25) is 4.79 Å². The van der Waals surface area contributed by atoms with Gasteiger partial charge in [0.15, 0.2) is 5.65 Å². The van der Waals surface area contributed by atoms with Crippen molar-refractivity contribution in [3.8, 4) is 5.75 Å². The van der Waals surface area contributed by atoms with E-state index >= 15 is 0 Å². The maximum absolute atomic E-state index is 13.4. The van der Waals surface area contributed by atoms with Crippen LogP contribution < -0.4 is 10.1 Å². The van der Waals surface area contributed by atoms with Crippen LogP contribution in [0, 0.1) is 0 Å². The number of hydrogen-bond donors (Lipinski definition) is 1. The molecule has 0 atom stereocenters. The average molecular weight is 390 g/mol. The topological polar surface area (TPSA) is 68.5 Å². The summed E-state index contributed by atoms with van der Waals surface area (Å²) in [4.78, 5) is 16.9. The first-order valence-electron chi connectivity index (χ1n) is 8.87. The third-order valence-electron chi connectivity index (χ3n) is 4.45. The molecule has 0 radical (unpaired) electrons. The van der Waals surface area contributed by atoms with E-state index in [1.165, 1.54) is 0 Å². The SMILES string of the molecule is CCOc1ccc(NC(=O)c2cnn3c(C(F)(F)F)cc(C4CC4)nc23)cc1. The summed E-state index contributed by atoms with van der Waals surface area (Å²) in [6.45, 7) is 2.38. The number of nitrogens with one attached hydrogen (secondary N) is 1. The number of hydrogen-bond acceptors (Lipinski definition) is 4. The molecule has 1 aliphatic rings. The molecule has 2 aromatic heterocycles. The Morgan fingerprint density at radius 2 is 2.00 bits per heavy atom. The van der Waals surface area contributed by atoms with Gasteiger partial charge in [-0.05, 0) is 50.1 Å². The Morgan fingerprint density at radius 3 is 2.61 bits per heavy atom. The second-order valence-electron chi connectivity index (χ2n) is 6.54. The van der Waals surface area contributed by atoms with Crippen molar-refractivity contribution in [3.05, 3.63) is 53.5 Å². The number of benzene rings is 1. The van der Waals surface area contributed by atoms with E-state index in [0.29, 0.717) is 28.3 Å². The number of rotatable bonds is 5. The van der Waals surface area contributed by atoms with Gasteiger partial charge in [-0.25, -0.2) is 9.50 Å². The summed E-state index contributed by atoms with van der Waals surface area (Å²) in [5.74, 6) is 0.0813. The molecule has 0 unspecified atom stereocenters. The minimum Gasteiger partial charge on any atom is -0.494 e. The molecule has 6 nitrogen and oxygen atoms in total. The van der Waals surface area contributed by atoms with Crippen molar-refractivity contribution in [2.45, 2.75) is 31.9 Å². The van der Waals surface area contributed by atoms with Crippen LogP contribution in [0.5, 0.6) is 5.75 Å². The van der Waals surface area contributed by atoms with Crippen LogP contribution in [-0.2, 0) is 6.18 Å². The number of alkyl halides is 3. The van der Waals surface area contributed by atoms with Crippen LogP contribution in [0.1, 0.15) is 47.4 Å². The van der Waals surface area contributed by atoms with Gasteiger partial charge in [0.05, 0.1) is 12.8 Å². The van der Waals surface area contributed by atoms with Crippen molar-refractivity contribution in [3.63, 3.8) is 0 Å². The maximum atomic E-state index is 13.4. The number of aromatic nitrogens is 3. The van der Waals surface area contributed by atoms with Gasteiger partial charge in [0.2, 0.25) is 0 Å². The highest BCUT2D eigenvalue weighted by Gasteiger charge is 2.37. The Labute approximate surface area is 158 Å². The molecule has 2 heterocycles. The molecule has 0 aliphatic heterocycles. The number of carbonyl (C=O) groups excluding carboxylic acids is 1. The second kappa shape index (κ2) is 6.81. The van der Waals surface area contributed by atoms with E-state index in [9.17, 15) is 18.0 Å². The second-order valence-corrected chi connectivity index (χ2v) is 6.54.